The summed E-state index contributed by atoms with van der Waals surface area (Å²) < 4.78 is 0. The molecule has 0 aromatic carbocycles. The first-order valence-corrected chi connectivity index (χ1v) is 14.3. The van der Waals surface area contributed by atoms with E-state index in [0.29, 0.717) is 25.7 Å². The van der Waals surface area contributed by atoms with Crippen molar-refractivity contribution in [2.45, 2.75) is 98.2 Å². The highest BCUT2D eigenvalue weighted by atomic mass is 16.4. The largest absolute Gasteiger partial charge is 0.481 e. The molecule has 0 aliphatic heterocycles. The van der Waals surface area contributed by atoms with Gasteiger partial charge in [-0.1, -0.05) is 46.3 Å². The Kier molecular flexibility index (Phi) is 6.07. The Bertz CT molecular complexity index is 1020. The average Bonchev–Trinajstić information content (AvgIpc) is 2.82. The molecule has 0 heterocycles. The van der Waals surface area contributed by atoms with E-state index in [1.165, 1.54) is 0 Å². The summed E-state index contributed by atoms with van der Waals surface area (Å²) in [6.07, 6.45) is 5.45. The summed E-state index contributed by atoms with van der Waals surface area (Å²) in [5.41, 5.74) is -1.28. The van der Waals surface area contributed by atoms with Gasteiger partial charge in [0, 0.05) is 5.41 Å². The van der Waals surface area contributed by atoms with E-state index in [4.69, 9.17) is 0 Å². The Morgan fingerprint density at radius 1 is 0.973 bits per heavy atom. The van der Waals surface area contributed by atoms with Crippen LogP contribution in [-0.4, -0.2) is 56.3 Å². The minimum atomic E-state index is -0.966. The number of allylic oxidation sites excluding steroid dienone is 2. The number of hydrogen-bond donors (Lipinski definition) is 5. The summed E-state index contributed by atoms with van der Waals surface area (Å²) in [6.45, 7) is 10.6. The fourth-order valence-electron chi connectivity index (χ4n) is 11.2. The fourth-order valence-corrected chi connectivity index (χ4v) is 11.2. The number of rotatable bonds is 3. The maximum atomic E-state index is 12.8. The highest BCUT2D eigenvalue weighted by molar-refractivity contribution is 5.78. The van der Waals surface area contributed by atoms with Crippen LogP contribution in [0.1, 0.15) is 86.0 Å². The number of carbonyl (C=O) groups is 2. The number of aliphatic carboxylic acids is 2. The molecule has 0 unspecified atom stereocenters. The lowest BCUT2D eigenvalue weighted by atomic mass is 9.33. The molecule has 5 N–H and O–H groups in total. The van der Waals surface area contributed by atoms with Crippen LogP contribution in [0.4, 0.5) is 0 Å². The SMILES string of the molecule is C[C@@H]1[C@H]2C3=CC[C@@H]4[C@@]5(C)C[C@@H](O)[C@H](O)[C@@](C)(CO)[C@@H]5CC[C@@]4(C)[C@]3(C)CC[C@@]2(C(=O)O)CC[C@H]1C(=O)O. The molecule has 5 rings (SSSR count). The number of hydrogen-bond acceptors (Lipinski definition) is 5. The normalized spacial score (nSPS) is 55.1. The van der Waals surface area contributed by atoms with Gasteiger partial charge in [0.15, 0.2) is 0 Å². The predicted molar refractivity (Wildman–Crippen MR) is 137 cm³/mol. The van der Waals surface area contributed by atoms with Crippen LogP contribution in [0.25, 0.3) is 0 Å². The Morgan fingerprint density at radius 2 is 1.65 bits per heavy atom. The van der Waals surface area contributed by atoms with E-state index in [9.17, 15) is 35.1 Å². The van der Waals surface area contributed by atoms with Gasteiger partial charge in [0.05, 0.1) is 30.1 Å². The van der Waals surface area contributed by atoms with E-state index in [2.05, 4.69) is 26.8 Å². The molecule has 0 aromatic heterocycles. The molecule has 208 valence electrons. The molecule has 4 fully saturated rings. The number of aliphatic hydroxyl groups excluding tert-OH is 3. The van der Waals surface area contributed by atoms with Crippen LogP contribution in [0.3, 0.4) is 0 Å². The topological polar surface area (TPSA) is 135 Å². The fraction of sp³-hybridized carbons (Fsp3) is 0.867. The highest BCUT2D eigenvalue weighted by Gasteiger charge is 2.71. The van der Waals surface area contributed by atoms with Crippen molar-refractivity contribution in [2.24, 2.45) is 56.7 Å². The van der Waals surface area contributed by atoms with E-state index >= 15 is 0 Å². The van der Waals surface area contributed by atoms with Gasteiger partial charge in [-0.3, -0.25) is 9.59 Å². The van der Waals surface area contributed by atoms with Crippen molar-refractivity contribution in [1.29, 1.82) is 0 Å². The lowest BCUT2D eigenvalue weighted by molar-refractivity contribution is -0.244. The molecule has 7 nitrogen and oxygen atoms in total. The summed E-state index contributed by atoms with van der Waals surface area (Å²) in [4.78, 5) is 25.0. The minimum absolute atomic E-state index is 0.0618. The van der Waals surface area contributed by atoms with Gasteiger partial charge in [0.1, 0.15) is 0 Å². The predicted octanol–water partition coefficient (Wildman–Crippen LogP) is 4.10. The first kappa shape index (κ1) is 27.1. The van der Waals surface area contributed by atoms with Crippen LogP contribution in [-0.2, 0) is 9.59 Å². The van der Waals surface area contributed by atoms with Crippen LogP contribution in [0.2, 0.25) is 0 Å². The Hall–Kier alpha value is -1.44. The van der Waals surface area contributed by atoms with Crippen molar-refractivity contribution in [3.63, 3.8) is 0 Å². The monoisotopic (exact) mass is 518 g/mol. The van der Waals surface area contributed by atoms with E-state index in [0.717, 1.165) is 31.3 Å². The van der Waals surface area contributed by atoms with Crippen molar-refractivity contribution in [2.75, 3.05) is 6.61 Å². The highest BCUT2D eigenvalue weighted by Crippen LogP contribution is 2.75. The molecule has 12 atom stereocenters. The van der Waals surface area contributed by atoms with Crippen LogP contribution >= 0.6 is 0 Å². The van der Waals surface area contributed by atoms with Crippen molar-refractivity contribution in [3.05, 3.63) is 11.6 Å². The van der Waals surface area contributed by atoms with Crippen LogP contribution in [0, 0.1) is 56.7 Å². The Balaban J connectivity index is 1.63. The zero-order valence-corrected chi connectivity index (χ0v) is 23.0. The smallest absolute Gasteiger partial charge is 0.310 e. The number of carboxylic acids is 2. The van der Waals surface area contributed by atoms with Crippen molar-refractivity contribution in [3.8, 4) is 0 Å². The second kappa shape index (κ2) is 8.28. The average molecular weight is 519 g/mol. The summed E-state index contributed by atoms with van der Waals surface area (Å²) >= 11 is 0. The molecule has 0 saturated heterocycles. The van der Waals surface area contributed by atoms with Gasteiger partial charge < -0.3 is 25.5 Å². The van der Waals surface area contributed by atoms with E-state index in [1.807, 2.05) is 13.8 Å². The summed E-state index contributed by atoms with van der Waals surface area (Å²) in [5.74, 6) is -2.46. The zero-order chi connectivity index (χ0) is 27.3. The summed E-state index contributed by atoms with van der Waals surface area (Å²) in [5, 5.41) is 52.8. The van der Waals surface area contributed by atoms with Crippen molar-refractivity contribution >= 4 is 11.9 Å². The molecule has 5 aliphatic carbocycles. The molecular formula is C30H46O7. The maximum Gasteiger partial charge on any atom is 0.310 e. The molecule has 5 aliphatic rings. The van der Waals surface area contributed by atoms with Gasteiger partial charge in [-0.05, 0) is 91.3 Å². The van der Waals surface area contributed by atoms with Gasteiger partial charge in [-0.2, -0.15) is 0 Å². The Labute approximate surface area is 220 Å². The lowest BCUT2D eigenvalue weighted by Gasteiger charge is -2.71. The van der Waals surface area contributed by atoms with E-state index in [-0.39, 0.29) is 46.5 Å². The summed E-state index contributed by atoms with van der Waals surface area (Å²) in [7, 11) is 0. The van der Waals surface area contributed by atoms with Gasteiger partial charge in [0.2, 0.25) is 0 Å². The zero-order valence-electron chi connectivity index (χ0n) is 23.0. The van der Waals surface area contributed by atoms with Crippen LogP contribution in [0.5, 0.6) is 0 Å². The molecule has 0 aromatic rings. The molecule has 37 heavy (non-hydrogen) atoms. The third-order valence-electron chi connectivity index (χ3n) is 13.4. The van der Waals surface area contributed by atoms with Crippen molar-refractivity contribution < 1.29 is 35.1 Å². The molecule has 7 heteroatoms. The van der Waals surface area contributed by atoms with Gasteiger partial charge in [-0.15, -0.1) is 0 Å². The third kappa shape index (κ3) is 3.17. The molecule has 4 saturated carbocycles. The standard InChI is InChI=1S/C30H46O7/c1-16-17(24(34)35)8-11-30(25(36)37)13-12-28(4)18(22(16)30)6-7-21-26(2)14-19(32)23(33)27(3,15-31)20(26)9-10-29(21,28)5/h6,16-17,19-23,31-33H,7-15H2,1-5H3,(H,34,35)(H,36,37)/t16-,17+,19+,20+,21+,22-,23-,26-,27-,28+,29+,30-/m0/s1. The van der Waals surface area contributed by atoms with Crippen LogP contribution < -0.4 is 0 Å². The molecular weight excluding hydrogens is 472 g/mol. The number of aliphatic hydroxyl groups is 3. The second-order valence-corrected chi connectivity index (χ2v) is 14.5. The quantitative estimate of drug-likeness (QED) is 0.355. The second-order valence-electron chi connectivity index (χ2n) is 14.5. The number of fused-ring (bicyclic) bond motifs is 7. The van der Waals surface area contributed by atoms with Crippen LogP contribution in [0.15, 0.2) is 11.6 Å². The molecule has 0 radical (unpaired) electrons. The third-order valence-corrected chi connectivity index (χ3v) is 13.4. The lowest BCUT2D eigenvalue weighted by Crippen LogP contribution is -2.68. The van der Waals surface area contributed by atoms with E-state index in [1.54, 1.807) is 0 Å². The first-order valence-electron chi connectivity index (χ1n) is 14.3. The molecule has 0 amide bonds. The first-order chi connectivity index (χ1) is 17.1. The number of carboxylic acid groups (broad SMARTS) is 2. The summed E-state index contributed by atoms with van der Waals surface area (Å²) in [6, 6.07) is 0. The molecule has 0 spiro atoms. The van der Waals surface area contributed by atoms with Crippen molar-refractivity contribution in [1.82, 2.24) is 0 Å². The van der Waals surface area contributed by atoms with E-state index < -0.39 is 40.9 Å². The van der Waals surface area contributed by atoms with Gasteiger partial charge in [-0.25, -0.2) is 0 Å². The minimum Gasteiger partial charge on any atom is -0.481 e. The Morgan fingerprint density at radius 3 is 2.24 bits per heavy atom. The molecule has 0 bridgehead atoms. The van der Waals surface area contributed by atoms with Gasteiger partial charge in [0.25, 0.3) is 0 Å². The van der Waals surface area contributed by atoms with Gasteiger partial charge >= 0.3 is 11.9 Å². The maximum absolute atomic E-state index is 12.8.